The van der Waals surface area contributed by atoms with Gasteiger partial charge < -0.3 is 0 Å². The molecule has 6 aromatic carbocycles. The highest BCUT2D eigenvalue weighted by Gasteiger charge is 2.21. The molecule has 0 aliphatic rings. The maximum absolute atomic E-state index is 2.49. The molecule has 0 unspecified atom stereocenters. The predicted molar refractivity (Wildman–Crippen MR) is 269 cm³/mol. The van der Waals surface area contributed by atoms with Crippen molar-refractivity contribution in [1.82, 2.24) is 0 Å². The topological polar surface area (TPSA) is 0 Å². The molecule has 6 aromatic rings. The molecule has 59 heavy (non-hydrogen) atoms. The molecule has 0 heterocycles. The lowest BCUT2D eigenvalue weighted by molar-refractivity contribution is 1.09. The normalized spacial score (nSPS) is 11.3. The molecule has 0 N–H and O–H groups in total. The minimum Gasteiger partial charge on any atom is -0.0613 e. The second kappa shape index (κ2) is 22.1. The van der Waals surface area contributed by atoms with Crippen LogP contribution in [0.5, 0.6) is 0 Å². The summed E-state index contributed by atoms with van der Waals surface area (Å²) in [6.45, 7) is 27.1. The Morgan fingerprint density at radius 2 is 0.373 bits per heavy atom. The Hall–Kier alpha value is -3.82. The van der Waals surface area contributed by atoms with Crippen molar-refractivity contribution in [3.63, 3.8) is 0 Å². The molecule has 0 nitrogen and oxygen atoms in total. The zero-order valence-corrected chi connectivity index (χ0v) is 40.4. The van der Waals surface area contributed by atoms with Gasteiger partial charge in [0.2, 0.25) is 0 Å². The first-order valence-corrected chi connectivity index (χ1v) is 25.5. The van der Waals surface area contributed by atoms with E-state index < -0.39 is 15.8 Å². The van der Waals surface area contributed by atoms with Gasteiger partial charge in [-0.1, -0.05) is 188 Å². The van der Waals surface area contributed by atoms with Crippen LogP contribution in [0.4, 0.5) is 0 Å². The Morgan fingerprint density at radius 1 is 0.220 bits per heavy atom. The maximum atomic E-state index is 2.49. The van der Waals surface area contributed by atoms with Crippen molar-refractivity contribution in [3.8, 4) is 0 Å². The third-order valence-electron chi connectivity index (χ3n) is 11.7. The van der Waals surface area contributed by atoms with Crippen LogP contribution in [0.1, 0.15) is 129 Å². The maximum Gasteiger partial charge on any atom is -0.0134 e. The molecular weight excluding hydrogens is 747 g/mol. The Labute approximate surface area is 362 Å². The average molecular weight is 819 g/mol. The van der Waals surface area contributed by atoms with Crippen molar-refractivity contribution in [3.05, 3.63) is 176 Å². The molecule has 0 aliphatic carbocycles. The summed E-state index contributed by atoms with van der Waals surface area (Å²) >= 11 is 0. The van der Waals surface area contributed by atoms with E-state index in [1.54, 1.807) is 0 Å². The molecule has 0 amide bonds. The highest BCUT2D eigenvalue weighted by molar-refractivity contribution is 7.80. The van der Waals surface area contributed by atoms with Crippen LogP contribution < -0.4 is 31.8 Å². The van der Waals surface area contributed by atoms with E-state index in [2.05, 4.69) is 192 Å². The molecule has 2 heteroatoms. The highest BCUT2D eigenvalue weighted by Crippen LogP contribution is 2.37. The summed E-state index contributed by atoms with van der Waals surface area (Å²) in [5, 5.41) is 8.97. The summed E-state index contributed by atoms with van der Waals surface area (Å²) in [4.78, 5) is 0. The first-order chi connectivity index (χ1) is 28.5. The van der Waals surface area contributed by atoms with Crippen molar-refractivity contribution >= 4 is 47.7 Å². The van der Waals surface area contributed by atoms with Crippen LogP contribution in [0, 0.1) is 20.8 Å². The van der Waals surface area contributed by atoms with E-state index in [4.69, 9.17) is 0 Å². The van der Waals surface area contributed by atoms with E-state index >= 15 is 0 Å². The second-order valence-corrected chi connectivity index (χ2v) is 20.8. The van der Waals surface area contributed by atoms with Crippen LogP contribution >= 0.6 is 15.8 Å². The van der Waals surface area contributed by atoms with E-state index in [-0.39, 0.29) is 0 Å². The van der Waals surface area contributed by atoms with E-state index in [1.807, 2.05) is 0 Å². The van der Waals surface area contributed by atoms with Gasteiger partial charge in [0.25, 0.3) is 0 Å². The molecule has 0 aliphatic heterocycles. The van der Waals surface area contributed by atoms with Crippen molar-refractivity contribution < 1.29 is 0 Å². The fourth-order valence-electron chi connectivity index (χ4n) is 8.26. The monoisotopic (exact) mass is 819 g/mol. The van der Waals surface area contributed by atoms with Gasteiger partial charge in [0.15, 0.2) is 0 Å². The van der Waals surface area contributed by atoms with Crippen LogP contribution in [-0.4, -0.2) is 0 Å². The molecule has 0 radical (unpaired) electrons. The fourth-order valence-corrected chi connectivity index (χ4v) is 13.7. The third kappa shape index (κ3) is 12.2. The lowest BCUT2D eigenvalue weighted by Crippen LogP contribution is -2.23. The van der Waals surface area contributed by atoms with E-state index in [0.29, 0.717) is 0 Å². The summed E-state index contributed by atoms with van der Waals surface area (Å²) in [5.41, 5.74) is 17.2. The lowest BCUT2D eigenvalue weighted by atomic mass is 10.1. The minimum atomic E-state index is -0.578. The zero-order chi connectivity index (χ0) is 42.6. The summed E-state index contributed by atoms with van der Waals surface area (Å²) in [7, 11) is -1.14. The highest BCUT2D eigenvalue weighted by atomic mass is 31.1. The van der Waals surface area contributed by atoms with Gasteiger partial charge in [0.1, 0.15) is 0 Å². The number of aryl methyl sites for hydroxylation is 12. The molecular formula is C57H72P2. The Morgan fingerprint density at radius 3 is 0.542 bits per heavy atom. The molecule has 0 bridgehead atoms. The van der Waals surface area contributed by atoms with Crippen molar-refractivity contribution in [1.29, 1.82) is 0 Å². The standard InChI is InChI=1S/C30H39P.C27H33P/c1-7-22-13-23(8-2)17-28(16-22)31(29-18-24(9-3)14-25(10-4)19-29)30-20-26(11-5)15-27(12-6)21-30;1-7-22-10-19(4)13-25(16-22)28(26-14-20(5)11-23(8-2)17-26)27-15-21(6)12-24(9-3)18-27/h13-21H,7-12H2,1-6H3;10-18H,7-9H2,1-6H3. The van der Waals surface area contributed by atoms with Gasteiger partial charge >= 0.3 is 0 Å². The van der Waals surface area contributed by atoms with Gasteiger partial charge in [-0.05, 0) is 176 Å². The van der Waals surface area contributed by atoms with Crippen molar-refractivity contribution in [2.75, 3.05) is 0 Å². The van der Waals surface area contributed by atoms with E-state index in [0.717, 1.165) is 57.8 Å². The Balaban J connectivity index is 0.000000225. The van der Waals surface area contributed by atoms with Gasteiger partial charge in [-0.15, -0.1) is 0 Å². The second-order valence-electron chi connectivity index (χ2n) is 16.4. The predicted octanol–water partition coefficient (Wildman–Crippen LogP) is 12.9. The van der Waals surface area contributed by atoms with E-state index in [1.165, 1.54) is 98.6 Å². The average Bonchev–Trinajstić information content (AvgIpc) is 3.25. The van der Waals surface area contributed by atoms with Crippen LogP contribution in [0.2, 0.25) is 0 Å². The van der Waals surface area contributed by atoms with Gasteiger partial charge in [0.05, 0.1) is 0 Å². The molecule has 0 fully saturated rings. The molecule has 0 spiro atoms. The molecule has 0 saturated carbocycles. The first-order valence-electron chi connectivity index (χ1n) is 22.8. The molecule has 6 rings (SSSR count). The zero-order valence-electron chi connectivity index (χ0n) is 38.7. The lowest BCUT2D eigenvalue weighted by Gasteiger charge is -2.24. The van der Waals surface area contributed by atoms with Gasteiger partial charge in [-0.25, -0.2) is 0 Å². The largest absolute Gasteiger partial charge is 0.0613 e. The van der Waals surface area contributed by atoms with Crippen LogP contribution in [0.25, 0.3) is 0 Å². The third-order valence-corrected chi connectivity index (χ3v) is 16.3. The van der Waals surface area contributed by atoms with E-state index in [9.17, 15) is 0 Å². The Kier molecular flexibility index (Phi) is 17.4. The van der Waals surface area contributed by atoms with Gasteiger partial charge in [-0.2, -0.15) is 0 Å². The summed E-state index contributed by atoms with van der Waals surface area (Å²) < 4.78 is 0. The van der Waals surface area contributed by atoms with Gasteiger partial charge in [0, 0.05) is 0 Å². The van der Waals surface area contributed by atoms with Crippen LogP contribution in [0.3, 0.4) is 0 Å². The SMILES string of the molecule is CCc1cc(C)cc(P(c2cc(C)cc(CC)c2)c2cc(C)cc(CC)c2)c1.CCc1cc(CC)cc(P(c2cc(CC)cc(CC)c2)c2cc(CC)cc(CC)c2)c1. The Bertz CT molecular complexity index is 1980. The van der Waals surface area contributed by atoms with Crippen molar-refractivity contribution in [2.24, 2.45) is 0 Å². The number of hydrogen-bond acceptors (Lipinski definition) is 0. The molecule has 310 valence electrons. The quantitative estimate of drug-likeness (QED) is 0.0906. The summed E-state index contributed by atoms with van der Waals surface area (Å²) in [6, 6.07) is 43.7. The van der Waals surface area contributed by atoms with Gasteiger partial charge in [-0.3, -0.25) is 0 Å². The molecule has 0 aromatic heterocycles. The fraction of sp³-hybridized carbons (Fsp3) is 0.368. The molecule has 0 atom stereocenters. The van der Waals surface area contributed by atoms with Crippen molar-refractivity contribution in [2.45, 2.75) is 141 Å². The number of hydrogen-bond donors (Lipinski definition) is 0. The smallest absolute Gasteiger partial charge is 0.0134 e. The number of benzene rings is 6. The molecule has 0 saturated heterocycles. The van der Waals surface area contributed by atoms with Crippen LogP contribution in [0.15, 0.2) is 109 Å². The minimum absolute atomic E-state index is 0.560. The number of rotatable bonds is 15. The first kappa shape index (κ1) is 46.2. The summed E-state index contributed by atoms with van der Waals surface area (Å²) in [5.74, 6) is 0. The van der Waals surface area contributed by atoms with Crippen LogP contribution in [-0.2, 0) is 57.8 Å². The summed E-state index contributed by atoms with van der Waals surface area (Å²) in [6.07, 6.45) is 9.80.